The Morgan fingerprint density at radius 2 is 2.26 bits per heavy atom. The number of hydrogen-bond acceptors (Lipinski definition) is 3. The number of nitro benzene ring substituents is 1. The number of hydrogen-bond donors (Lipinski definition) is 1. The molecule has 0 bridgehead atoms. The molecule has 1 saturated carbocycles. The minimum absolute atomic E-state index is 0.145. The van der Waals surface area contributed by atoms with Crippen molar-refractivity contribution in [3.05, 3.63) is 45.5 Å². The van der Waals surface area contributed by atoms with Crippen LogP contribution in [-0.2, 0) is 0 Å². The fraction of sp³-hybridized carbons (Fsp3) is 0.467. The quantitative estimate of drug-likeness (QED) is 0.630. The predicted octanol–water partition coefficient (Wildman–Crippen LogP) is 3.39. The van der Waals surface area contributed by atoms with Gasteiger partial charge in [0.15, 0.2) is 0 Å². The molecule has 1 N–H and O–H groups in total. The molecular weight excluding hydrogens is 240 g/mol. The van der Waals surface area contributed by atoms with E-state index in [4.69, 9.17) is 0 Å². The van der Waals surface area contributed by atoms with Crippen LogP contribution in [0.4, 0.5) is 5.69 Å². The molecule has 19 heavy (non-hydrogen) atoms. The predicted molar refractivity (Wildman–Crippen MR) is 76.9 cm³/mol. The highest BCUT2D eigenvalue weighted by Gasteiger charge is 2.20. The van der Waals surface area contributed by atoms with Crippen LogP contribution in [0.2, 0.25) is 0 Å². The summed E-state index contributed by atoms with van der Waals surface area (Å²) in [5.41, 5.74) is 2.33. The van der Waals surface area contributed by atoms with E-state index in [0.29, 0.717) is 12.0 Å². The van der Waals surface area contributed by atoms with Crippen LogP contribution in [0.3, 0.4) is 0 Å². The summed E-state index contributed by atoms with van der Waals surface area (Å²) in [4.78, 5) is 10.4. The summed E-state index contributed by atoms with van der Waals surface area (Å²) in [6.45, 7) is 5.17. The molecule has 0 atom stereocenters. The summed E-state index contributed by atoms with van der Waals surface area (Å²) in [6, 6.07) is 7.46. The maximum Gasteiger partial charge on any atom is 0.270 e. The smallest absolute Gasteiger partial charge is 0.270 e. The van der Waals surface area contributed by atoms with Crippen molar-refractivity contribution >= 4 is 11.8 Å². The van der Waals surface area contributed by atoms with E-state index in [1.165, 1.54) is 24.5 Å². The average molecular weight is 260 g/mol. The number of nitro groups is 1. The van der Waals surface area contributed by atoms with E-state index < -0.39 is 0 Å². The number of nitrogens with zero attached hydrogens (tertiary/aromatic N) is 1. The molecule has 0 spiro atoms. The zero-order valence-electron chi connectivity index (χ0n) is 11.4. The number of nitrogens with one attached hydrogen (secondary N) is 1. The third-order valence-corrected chi connectivity index (χ3v) is 3.35. The Balaban J connectivity index is 2.14. The first kappa shape index (κ1) is 13.7. The molecule has 102 valence electrons. The van der Waals surface area contributed by atoms with Gasteiger partial charge in [0.1, 0.15) is 0 Å². The van der Waals surface area contributed by atoms with Gasteiger partial charge in [-0.25, -0.2) is 0 Å². The van der Waals surface area contributed by atoms with Gasteiger partial charge in [0.25, 0.3) is 5.69 Å². The molecule has 1 aromatic carbocycles. The lowest BCUT2D eigenvalue weighted by Gasteiger charge is -2.12. The highest BCUT2D eigenvalue weighted by Crippen LogP contribution is 2.22. The van der Waals surface area contributed by atoms with Gasteiger partial charge in [-0.15, -0.1) is 0 Å². The van der Waals surface area contributed by atoms with Crippen molar-refractivity contribution < 1.29 is 4.92 Å². The second-order valence-corrected chi connectivity index (χ2v) is 5.38. The van der Waals surface area contributed by atoms with E-state index in [2.05, 4.69) is 25.2 Å². The van der Waals surface area contributed by atoms with E-state index >= 15 is 0 Å². The van der Waals surface area contributed by atoms with Crippen LogP contribution < -0.4 is 5.32 Å². The largest absolute Gasteiger partial charge is 0.310 e. The molecule has 1 aliphatic carbocycles. The van der Waals surface area contributed by atoms with Crippen molar-refractivity contribution in [2.24, 2.45) is 5.92 Å². The van der Waals surface area contributed by atoms with Crippen LogP contribution in [0.25, 0.3) is 6.08 Å². The molecule has 0 amide bonds. The summed E-state index contributed by atoms with van der Waals surface area (Å²) in [7, 11) is 0. The minimum atomic E-state index is -0.352. The summed E-state index contributed by atoms with van der Waals surface area (Å²) >= 11 is 0. The standard InChI is InChI=1S/C15H20N2O2/c1-11(2)13(10-16-14-6-7-14)8-12-4-3-5-15(9-12)17(18)19/h3-5,8-9,11,14,16H,6-7,10H2,1-2H3. The van der Waals surface area contributed by atoms with E-state index in [1.54, 1.807) is 12.1 Å². The van der Waals surface area contributed by atoms with Gasteiger partial charge in [0.05, 0.1) is 4.92 Å². The first-order valence-corrected chi connectivity index (χ1v) is 6.74. The lowest BCUT2D eigenvalue weighted by atomic mass is 10.00. The first-order valence-electron chi connectivity index (χ1n) is 6.74. The third-order valence-electron chi connectivity index (χ3n) is 3.35. The molecule has 4 heteroatoms. The van der Waals surface area contributed by atoms with E-state index in [9.17, 15) is 10.1 Å². The molecule has 1 aliphatic rings. The lowest BCUT2D eigenvalue weighted by Crippen LogP contribution is -2.21. The van der Waals surface area contributed by atoms with Gasteiger partial charge >= 0.3 is 0 Å². The maximum atomic E-state index is 10.8. The molecule has 0 aliphatic heterocycles. The Labute approximate surface area is 113 Å². The lowest BCUT2D eigenvalue weighted by molar-refractivity contribution is -0.384. The molecule has 0 heterocycles. The SMILES string of the molecule is CC(C)C(=Cc1cccc([N+](=O)[O-])c1)CNC1CC1. The third kappa shape index (κ3) is 4.17. The Bertz CT molecular complexity index is 491. The number of benzene rings is 1. The normalized spacial score (nSPS) is 15.8. The van der Waals surface area contributed by atoms with Crippen molar-refractivity contribution in [2.45, 2.75) is 32.7 Å². The Morgan fingerprint density at radius 3 is 2.84 bits per heavy atom. The van der Waals surface area contributed by atoms with Crippen LogP contribution in [-0.4, -0.2) is 17.5 Å². The van der Waals surface area contributed by atoms with Crippen LogP contribution >= 0.6 is 0 Å². The van der Waals surface area contributed by atoms with Crippen molar-refractivity contribution in [1.82, 2.24) is 5.32 Å². The van der Waals surface area contributed by atoms with Crippen molar-refractivity contribution in [1.29, 1.82) is 0 Å². The fourth-order valence-electron chi connectivity index (χ4n) is 1.91. The molecule has 0 aromatic heterocycles. The van der Waals surface area contributed by atoms with Crippen molar-refractivity contribution in [2.75, 3.05) is 6.54 Å². The maximum absolute atomic E-state index is 10.8. The van der Waals surface area contributed by atoms with Gasteiger partial charge in [-0.2, -0.15) is 0 Å². The number of non-ortho nitro benzene ring substituents is 1. The van der Waals surface area contributed by atoms with Crippen LogP contribution in [0, 0.1) is 16.0 Å². The van der Waals surface area contributed by atoms with E-state index in [1.807, 2.05) is 6.07 Å². The summed E-state index contributed by atoms with van der Waals surface area (Å²) in [6.07, 6.45) is 4.59. The molecule has 1 aromatic rings. The molecule has 2 rings (SSSR count). The fourth-order valence-corrected chi connectivity index (χ4v) is 1.91. The summed E-state index contributed by atoms with van der Waals surface area (Å²) in [5.74, 6) is 0.436. The molecule has 1 fully saturated rings. The topological polar surface area (TPSA) is 55.2 Å². The van der Waals surface area contributed by atoms with Crippen molar-refractivity contribution in [3.63, 3.8) is 0 Å². The molecule has 0 radical (unpaired) electrons. The zero-order valence-corrected chi connectivity index (χ0v) is 11.4. The molecule has 0 unspecified atom stereocenters. The minimum Gasteiger partial charge on any atom is -0.310 e. The van der Waals surface area contributed by atoms with Gasteiger partial charge in [-0.1, -0.05) is 37.6 Å². The molecule has 0 saturated heterocycles. The Kier molecular flexibility index (Phi) is 4.32. The Hall–Kier alpha value is -1.68. The highest BCUT2D eigenvalue weighted by atomic mass is 16.6. The monoisotopic (exact) mass is 260 g/mol. The second-order valence-electron chi connectivity index (χ2n) is 5.38. The second kappa shape index (κ2) is 5.97. The zero-order chi connectivity index (χ0) is 13.8. The van der Waals surface area contributed by atoms with Gasteiger partial charge < -0.3 is 5.32 Å². The summed E-state index contributed by atoms with van der Waals surface area (Å²) in [5, 5.41) is 14.3. The van der Waals surface area contributed by atoms with Gasteiger partial charge in [-0.05, 0) is 24.3 Å². The van der Waals surface area contributed by atoms with E-state index in [0.717, 1.165) is 12.1 Å². The van der Waals surface area contributed by atoms with Crippen LogP contribution in [0.1, 0.15) is 32.3 Å². The summed E-state index contributed by atoms with van der Waals surface area (Å²) < 4.78 is 0. The van der Waals surface area contributed by atoms with Crippen LogP contribution in [0.15, 0.2) is 29.8 Å². The highest BCUT2D eigenvalue weighted by molar-refractivity contribution is 5.56. The van der Waals surface area contributed by atoms with Gasteiger partial charge in [0, 0.05) is 24.7 Å². The van der Waals surface area contributed by atoms with Gasteiger partial charge in [0.2, 0.25) is 0 Å². The first-order chi connectivity index (χ1) is 9.06. The average Bonchev–Trinajstić information content (AvgIpc) is 3.18. The molecule has 4 nitrogen and oxygen atoms in total. The van der Waals surface area contributed by atoms with Crippen LogP contribution in [0.5, 0.6) is 0 Å². The number of rotatable bonds is 6. The van der Waals surface area contributed by atoms with Crippen molar-refractivity contribution in [3.8, 4) is 0 Å². The Morgan fingerprint density at radius 1 is 1.53 bits per heavy atom. The van der Waals surface area contributed by atoms with E-state index in [-0.39, 0.29) is 10.6 Å². The molecular formula is C15H20N2O2. The van der Waals surface area contributed by atoms with Gasteiger partial charge in [-0.3, -0.25) is 10.1 Å².